The van der Waals surface area contributed by atoms with Gasteiger partial charge in [-0.2, -0.15) is 0 Å². The summed E-state index contributed by atoms with van der Waals surface area (Å²) in [6.45, 7) is 1.86. The van der Waals surface area contributed by atoms with Gasteiger partial charge in [-0.05, 0) is 19.1 Å². The highest BCUT2D eigenvalue weighted by atomic mass is 14.8. The molecule has 0 saturated carbocycles. The normalized spacial score (nSPS) is 8.38. The van der Waals surface area contributed by atoms with Crippen molar-refractivity contribution >= 4 is 0 Å². The van der Waals surface area contributed by atoms with Crippen LogP contribution in [0.25, 0.3) is 0 Å². The number of hydrogen-bond acceptors (Lipinski definition) is 4. The van der Waals surface area contributed by atoms with Gasteiger partial charge in [0.1, 0.15) is 12.2 Å². The largest absolute Gasteiger partial charge is 0.245 e. The van der Waals surface area contributed by atoms with Crippen LogP contribution in [0.1, 0.15) is 5.82 Å². The predicted molar refractivity (Wildman–Crippen MR) is 48.8 cm³/mol. The van der Waals surface area contributed by atoms with Crippen LogP contribution in [0, 0.1) is 6.92 Å². The van der Waals surface area contributed by atoms with E-state index in [1.165, 1.54) is 6.33 Å². The third kappa shape index (κ3) is 4.58. The molecule has 0 unspecified atom stereocenters. The molecule has 13 heavy (non-hydrogen) atoms. The lowest BCUT2D eigenvalue weighted by Gasteiger charge is -1.81. The molecular weight excluding hydrogens is 164 g/mol. The van der Waals surface area contributed by atoms with E-state index < -0.39 is 0 Å². The van der Waals surface area contributed by atoms with Gasteiger partial charge >= 0.3 is 0 Å². The minimum atomic E-state index is 0.822. The Labute approximate surface area is 76.7 Å². The quantitative estimate of drug-likeness (QED) is 0.603. The lowest BCUT2D eigenvalue weighted by molar-refractivity contribution is 1.05. The van der Waals surface area contributed by atoms with Crippen LogP contribution in [0.15, 0.2) is 43.2 Å². The molecule has 0 N–H and O–H groups in total. The van der Waals surface area contributed by atoms with Crippen molar-refractivity contribution in [3.8, 4) is 0 Å². The zero-order valence-electron chi connectivity index (χ0n) is 7.33. The monoisotopic (exact) mass is 174 g/mol. The van der Waals surface area contributed by atoms with E-state index in [4.69, 9.17) is 0 Å². The van der Waals surface area contributed by atoms with E-state index in [-0.39, 0.29) is 0 Å². The maximum Gasteiger partial charge on any atom is 0.125 e. The van der Waals surface area contributed by atoms with Crippen molar-refractivity contribution in [2.24, 2.45) is 0 Å². The van der Waals surface area contributed by atoms with E-state index in [1.807, 2.05) is 6.92 Å². The Balaban J connectivity index is 0.000000132. The van der Waals surface area contributed by atoms with Crippen LogP contribution >= 0.6 is 0 Å². The smallest absolute Gasteiger partial charge is 0.125 e. The van der Waals surface area contributed by atoms with Crippen LogP contribution in [0.4, 0.5) is 0 Å². The van der Waals surface area contributed by atoms with Gasteiger partial charge in [-0.3, -0.25) is 0 Å². The first kappa shape index (κ1) is 9.25. The summed E-state index contributed by atoms with van der Waals surface area (Å²) in [7, 11) is 0. The Morgan fingerprint density at radius 1 is 0.846 bits per heavy atom. The van der Waals surface area contributed by atoms with Crippen LogP contribution in [0.2, 0.25) is 0 Å². The van der Waals surface area contributed by atoms with Crippen molar-refractivity contribution in [2.45, 2.75) is 6.92 Å². The summed E-state index contributed by atoms with van der Waals surface area (Å²) in [6.07, 6.45) is 8.32. The minimum absolute atomic E-state index is 0.822. The van der Waals surface area contributed by atoms with E-state index in [9.17, 15) is 0 Å². The van der Waals surface area contributed by atoms with Gasteiger partial charge in [0.15, 0.2) is 0 Å². The highest BCUT2D eigenvalue weighted by Crippen LogP contribution is 1.78. The standard InChI is InChI=1S/C5H6N2.C4H4N2/c1-5-6-3-2-4-7-5;1-2-5-4-6-3-1/h2-4H,1H3;1-4H. The Hall–Kier alpha value is -1.84. The van der Waals surface area contributed by atoms with Gasteiger partial charge < -0.3 is 0 Å². The molecule has 0 aromatic carbocycles. The molecule has 0 amide bonds. The van der Waals surface area contributed by atoms with Gasteiger partial charge in [-0.25, -0.2) is 19.9 Å². The third-order valence-electron chi connectivity index (χ3n) is 1.17. The molecule has 0 fully saturated rings. The van der Waals surface area contributed by atoms with E-state index in [1.54, 1.807) is 36.9 Å². The Morgan fingerprint density at radius 2 is 1.38 bits per heavy atom. The molecule has 66 valence electrons. The summed E-state index contributed by atoms with van der Waals surface area (Å²) >= 11 is 0. The zero-order valence-corrected chi connectivity index (χ0v) is 7.33. The van der Waals surface area contributed by atoms with Crippen LogP contribution in [-0.4, -0.2) is 19.9 Å². The summed E-state index contributed by atoms with van der Waals surface area (Å²) in [5.41, 5.74) is 0. The van der Waals surface area contributed by atoms with Crippen LogP contribution in [-0.2, 0) is 0 Å². The average Bonchev–Trinajstić information content (AvgIpc) is 2.22. The number of rotatable bonds is 0. The van der Waals surface area contributed by atoms with Crippen LogP contribution < -0.4 is 0 Å². The SMILES string of the molecule is Cc1ncccn1.c1cncnc1. The molecule has 4 heteroatoms. The van der Waals surface area contributed by atoms with Crippen LogP contribution in [0.3, 0.4) is 0 Å². The molecule has 0 aliphatic rings. The van der Waals surface area contributed by atoms with Crippen molar-refractivity contribution in [2.75, 3.05) is 0 Å². The maximum atomic E-state index is 3.87. The molecule has 0 atom stereocenters. The molecule has 0 spiro atoms. The van der Waals surface area contributed by atoms with Gasteiger partial charge in [0, 0.05) is 24.8 Å². The number of aromatic nitrogens is 4. The van der Waals surface area contributed by atoms with Crippen LogP contribution in [0.5, 0.6) is 0 Å². The van der Waals surface area contributed by atoms with E-state index in [2.05, 4.69) is 19.9 Å². The Morgan fingerprint density at radius 3 is 1.62 bits per heavy atom. The van der Waals surface area contributed by atoms with Crippen molar-refractivity contribution in [3.63, 3.8) is 0 Å². The first-order valence-electron chi connectivity index (χ1n) is 3.83. The molecular formula is C9H10N4. The molecule has 4 nitrogen and oxygen atoms in total. The molecule has 2 aromatic rings. The highest BCUT2D eigenvalue weighted by Gasteiger charge is 1.74. The summed E-state index contributed by atoms with van der Waals surface area (Å²) in [5, 5.41) is 0. The second kappa shape index (κ2) is 5.77. The summed E-state index contributed by atoms with van der Waals surface area (Å²) in [6, 6.07) is 3.58. The lowest BCUT2D eigenvalue weighted by atomic mass is 10.6. The minimum Gasteiger partial charge on any atom is -0.245 e. The maximum absolute atomic E-state index is 3.87. The van der Waals surface area contributed by atoms with E-state index in [0.717, 1.165) is 5.82 Å². The molecule has 0 aliphatic heterocycles. The Kier molecular flexibility index (Phi) is 4.10. The zero-order chi connectivity index (χ0) is 9.36. The molecule has 2 aromatic heterocycles. The second-order valence-corrected chi connectivity index (χ2v) is 2.20. The number of aryl methyl sites for hydroxylation is 1. The molecule has 0 radical (unpaired) electrons. The van der Waals surface area contributed by atoms with Gasteiger partial charge in [0.2, 0.25) is 0 Å². The summed E-state index contributed by atoms with van der Waals surface area (Å²) in [5.74, 6) is 0.822. The third-order valence-corrected chi connectivity index (χ3v) is 1.17. The topological polar surface area (TPSA) is 51.6 Å². The Bertz CT molecular complexity index is 282. The van der Waals surface area contributed by atoms with E-state index >= 15 is 0 Å². The molecule has 2 rings (SSSR count). The summed E-state index contributed by atoms with van der Waals surface area (Å²) < 4.78 is 0. The molecule has 0 saturated heterocycles. The van der Waals surface area contributed by atoms with Gasteiger partial charge in [0.25, 0.3) is 0 Å². The van der Waals surface area contributed by atoms with Gasteiger partial charge in [-0.15, -0.1) is 0 Å². The van der Waals surface area contributed by atoms with Crippen molar-refractivity contribution in [3.05, 3.63) is 49.1 Å². The molecule has 2 heterocycles. The number of nitrogens with zero attached hydrogens (tertiary/aromatic N) is 4. The fourth-order valence-electron chi connectivity index (χ4n) is 0.627. The summed E-state index contributed by atoms with van der Waals surface area (Å²) in [4.78, 5) is 15.1. The van der Waals surface area contributed by atoms with Gasteiger partial charge in [-0.1, -0.05) is 0 Å². The van der Waals surface area contributed by atoms with Crippen molar-refractivity contribution in [1.82, 2.24) is 19.9 Å². The number of hydrogen-bond donors (Lipinski definition) is 0. The van der Waals surface area contributed by atoms with Crippen molar-refractivity contribution in [1.29, 1.82) is 0 Å². The second-order valence-electron chi connectivity index (χ2n) is 2.20. The fraction of sp³-hybridized carbons (Fsp3) is 0.111. The molecule has 0 aliphatic carbocycles. The van der Waals surface area contributed by atoms with Crippen molar-refractivity contribution < 1.29 is 0 Å². The predicted octanol–water partition coefficient (Wildman–Crippen LogP) is 1.26. The fourth-order valence-corrected chi connectivity index (χ4v) is 0.627. The lowest BCUT2D eigenvalue weighted by Crippen LogP contribution is -1.80. The van der Waals surface area contributed by atoms with E-state index in [0.29, 0.717) is 0 Å². The first-order chi connectivity index (χ1) is 6.39. The average molecular weight is 174 g/mol. The first-order valence-corrected chi connectivity index (χ1v) is 3.83. The molecule has 0 bridgehead atoms. The van der Waals surface area contributed by atoms with Gasteiger partial charge in [0.05, 0.1) is 0 Å². The highest BCUT2D eigenvalue weighted by molar-refractivity contribution is 4.84.